The lowest BCUT2D eigenvalue weighted by Gasteiger charge is -2.30. The molecule has 1 aliphatic heterocycles. The van der Waals surface area contributed by atoms with Gasteiger partial charge in [-0.25, -0.2) is 0 Å². The number of piperidine rings is 1. The zero-order valence-electron chi connectivity index (χ0n) is 12.3. The van der Waals surface area contributed by atoms with Crippen LogP contribution in [0.5, 0.6) is 0 Å². The summed E-state index contributed by atoms with van der Waals surface area (Å²) in [5.74, 6) is -1.26. The van der Waals surface area contributed by atoms with Crippen molar-refractivity contribution < 1.29 is 19.5 Å². The van der Waals surface area contributed by atoms with Crippen LogP contribution in [-0.4, -0.2) is 28.4 Å². The number of carbonyl (C=O) groups is 3. The molecule has 0 bridgehead atoms. The fourth-order valence-electron chi connectivity index (χ4n) is 3.02. The number of aliphatic hydroxyl groups excluding tert-OH is 1. The molecule has 0 aromatic carbocycles. The Morgan fingerprint density at radius 3 is 2.33 bits per heavy atom. The maximum atomic E-state index is 12.1. The van der Waals surface area contributed by atoms with Crippen LogP contribution in [0.2, 0.25) is 0 Å². The Hall–Kier alpha value is -1.98. The van der Waals surface area contributed by atoms with E-state index in [0.29, 0.717) is 12.8 Å². The third kappa shape index (κ3) is 3.56. The van der Waals surface area contributed by atoms with E-state index in [0.717, 1.165) is 0 Å². The second kappa shape index (κ2) is 5.42. The van der Waals surface area contributed by atoms with Crippen molar-refractivity contribution >= 4 is 23.3 Å². The van der Waals surface area contributed by atoms with Gasteiger partial charge in [0.15, 0.2) is 5.78 Å². The van der Waals surface area contributed by atoms with Crippen molar-refractivity contribution in [1.29, 1.82) is 5.41 Å². The minimum Gasteiger partial charge on any atom is -0.511 e. The highest BCUT2D eigenvalue weighted by Gasteiger charge is 2.36. The first kappa shape index (κ1) is 15.4. The predicted molar refractivity (Wildman–Crippen MR) is 75.9 cm³/mol. The number of Topliss-reactive ketones (excluding diaryl/α,β-unsaturated/α-hetero) is 1. The lowest BCUT2D eigenvalue weighted by atomic mass is 9.74. The van der Waals surface area contributed by atoms with Crippen LogP contribution in [-0.2, 0) is 14.4 Å². The molecule has 2 amide bonds. The number of imide groups is 1. The Kier molecular flexibility index (Phi) is 3.98. The van der Waals surface area contributed by atoms with Crippen molar-refractivity contribution in [2.45, 2.75) is 46.0 Å². The molecule has 3 N–H and O–H groups in total. The molecule has 0 saturated carbocycles. The molecule has 1 aliphatic carbocycles. The van der Waals surface area contributed by atoms with Gasteiger partial charge in [0.05, 0.1) is 5.57 Å². The van der Waals surface area contributed by atoms with E-state index in [-0.39, 0.29) is 65.2 Å². The van der Waals surface area contributed by atoms with Crippen LogP contribution >= 0.6 is 0 Å². The fourth-order valence-corrected chi connectivity index (χ4v) is 3.02. The summed E-state index contributed by atoms with van der Waals surface area (Å²) in [5.41, 5.74) is -0.195. The zero-order valence-corrected chi connectivity index (χ0v) is 12.3. The number of ketones is 1. The Morgan fingerprint density at radius 1 is 1.24 bits per heavy atom. The zero-order chi connectivity index (χ0) is 15.8. The molecular formula is C15H20N2O4. The second-order valence-electron chi connectivity index (χ2n) is 6.69. The van der Waals surface area contributed by atoms with E-state index in [4.69, 9.17) is 5.41 Å². The molecule has 21 heavy (non-hydrogen) atoms. The van der Waals surface area contributed by atoms with Crippen LogP contribution in [0, 0.1) is 16.7 Å². The molecule has 2 rings (SSSR count). The summed E-state index contributed by atoms with van der Waals surface area (Å²) in [6, 6.07) is 0. The molecule has 0 aromatic heterocycles. The van der Waals surface area contributed by atoms with E-state index in [9.17, 15) is 19.5 Å². The average molecular weight is 292 g/mol. The lowest BCUT2D eigenvalue weighted by Crippen LogP contribution is -2.39. The van der Waals surface area contributed by atoms with Crippen molar-refractivity contribution in [2.75, 3.05) is 0 Å². The summed E-state index contributed by atoms with van der Waals surface area (Å²) >= 11 is 0. The largest absolute Gasteiger partial charge is 0.511 e. The SMILES string of the molecule is CC1(C)CC(=O)C(C(=N)CC2CC(=O)NC(=O)C2)=C(O)C1. The highest BCUT2D eigenvalue weighted by Crippen LogP contribution is 2.36. The van der Waals surface area contributed by atoms with Gasteiger partial charge < -0.3 is 10.5 Å². The molecule has 0 atom stereocenters. The molecule has 1 fully saturated rings. The quantitative estimate of drug-likeness (QED) is 0.543. The molecule has 0 aromatic rings. The molecule has 0 spiro atoms. The van der Waals surface area contributed by atoms with Gasteiger partial charge in [-0.05, 0) is 17.8 Å². The summed E-state index contributed by atoms with van der Waals surface area (Å²) in [4.78, 5) is 34.8. The fraction of sp³-hybridized carbons (Fsp3) is 0.600. The number of nitrogens with one attached hydrogen (secondary N) is 2. The molecular weight excluding hydrogens is 272 g/mol. The van der Waals surface area contributed by atoms with Crippen LogP contribution in [0.1, 0.15) is 46.0 Å². The van der Waals surface area contributed by atoms with Gasteiger partial charge in [-0.15, -0.1) is 0 Å². The Labute approximate surface area is 123 Å². The van der Waals surface area contributed by atoms with Crippen LogP contribution < -0.4 is 5.32 Å². The number of hydrogen-bond acceptors (Lipinski definition) is 5. The third-order valence-electron chi connectivity index (χ3n) is 3.87. The first-order valence-electron chi connectivity index (χ1n) is 7.04. The van der Waals surface area contributed by atoms with Gasteiger partial charge in [0.2, 0.25) is 11.8 Å². The van der Waals surface area contributed by atoms with Crippen molar-refractivity contribution in [1.82, 2.24) is 5.32 Å². The van der Waals surface area contributed by atoms with Gasteiger partial charge in [0.1, 0.15) is 5.76 Å². The minimum atomic E-state index is -0.349. The molecule has 0 unspecified atom stereocenters. The van der Waals surface area contributed by atoms with Gasteiger partial charge in [0, 0.05) is 31.4 Å². The maximum Gasteiger partial charge on any atom is 0.226 e. The molecule has 1 saturated heterocycles. The van der Waals surface area contributed by atoms with E-state index in [2.05, 4.69) is 5.32 Å². The van der Waals surface area contributed by atoms with Crippen LogP contribution in [0.25, 0.3) is 0 Å². The number of aliphatic hydroxyl groups is 1. The van der Waals surface area contributed by atoms with Gasteiger partial charge in [-0.2, -0.15) is 0 Å². The number of hydrogen-bond donors (Lipinski definition) is 3. The Morgan fingerprint density at radius 2 is 1.81 bits per heavy atom. The normalized spacial score (nSPS) is 23.2. The molecule has 6 heteroatoms. The van der Waals surface area contributed by atoms with E-state index >= 15 is 0 Å². The van der Waals surface area contributed by atoms with E-state index < -0.39 is 0 Å². The highest BCUT2D eigenvalue weighted by atomic mass is 16.3. The molecule has 1 heterocycles. The number of carbonyl (C=O) groups excluding carboxylic acids is 3. The van der Waals surface area contributed by atoms with Crippen molar-refractivity contribution in [3.8, 4) is 0 Å². The molecule has 6 nitrogen and oxygen atoms in total. The summed E-state index contributed by atoms with van der Waals surface area (Å²) in [6.45, 7) is 3.79. The van der Waals surface area contributed by atoms with Crippen LogP contribution in [0.3, 0.4) is 0 Å². The Bertz CT molecular complexity index is 544. The number of amides is 2. The molecule has 2 aliphatic rings. The van der Waals surface area contributed by atoms with Gasteiger partial charge in [-0.1, -0.05) is 13.8 Å². The first-order chi connectivity index (χ1) is 9.68. The summed E-state index contributed by atoms with van der Waals surface area (Å²) in [5, 5.41) is 20.3. The molecule has 0 radical (unpaired) electrons. The summed E-state index contributed by atoms with van der Waals surface area (Å²) in [7, 11) is 0. The smallest absolute Gasteiger partial charge is 0.226 e. The first-order valence-corrected chi connectivity index (χ1v) is 7.04. The van der Waals surface area contributed by atoms with Gasteiger partial charge in [-0.3, -0.25) is 19.7 Å². The lowest BCUT2D eigenvalue weighted by molar-refractivity contribution is -0.134. The Balaban J connectivity index is 2.11. The van der Waals surface area contributed by atoms with E-state index in [1.165, 1.54) is 0 Å². The highest BCUT2D eigenvalue weighted by molar-refractivity contribution is 6.22. The second-order valence-corrected chi connectivity index (χ2v) is 6.69. The minimum absolute atomic E-state index is 0.0282. The summed E-state index contributed by atoms with van der Waals surface area (Å²) < 4.78 is 0. The van der Waals surface area contributed by atoms with Gasteiger partial charge in [0.25, 0.3) is 0 Å². The standard InChI is InChI=1S/C15H20N2O4/c1-15(2)6-10(18)14(11(19)7-15)9(16)3-8-4-12(20)17-13(21)5-8/h8,16,18H,3-7H2,1-2H3,(H,17,20,21). The van der Waals surface area contributed by atoms with Crippen LogP contribution in [0.4, 0.5) is 0 Å². The monoisotopic (exact) mass is 292 g/mol. The maximum absolute atomic E-state index is 12.1. The van der Waals surface area contributed by atoms with E-state index in [1.54, 1.807) is 0 Å². The predicted octanol–water partition coefficient (Wildman–Crippen LogP) is 1.65. The average Bonchev–Trinajstić information content (AvgIpc) is 2.23. The number of allylic oxidation sites excluding steroid dienone is 2. The van der Waals surface area contributed by atoms with Crippen molar-refractivity contribution in [3.63, 3.8) is 0 Å². The third-order valence-corrected chi connectivity index (χ3v) is 3.87. The number of rotatable bonds is 3. The van der Waals surface area contributed by atoms with Gasteiger partial charge >= 0.3 is 0 Å². The van der Waals surface area contributed by atoms with E-state index in [1.807, 2.05) is 13.8 Å². The van der Waals surface area contributed by atoms with Crippen molar-refractivity contribution in [2.24, 2.45) is 11.3 Å². The topological polar surface area (TPSA) is 107 Å². The van der Waals surface area contributed by atoms with Crippen LogP contribution in [0.15, 0.2) is 11.3 Å². The summed E-state index contributed by atoms with van der Waals surface area (Å²) in [6.07, 6.45) is 1.15. The van der Waals surface area contributed by atoms with Crippen molar-refractivity contribution in [3.05, 3.63) is 11.3 Å². The molecule has 114 valence electrons.